The van der Waals surface area contributed by atoms with Crippen molar-refractivity contribution in [1.82, 2.24) is 0 Å². The molecule has 1 spiro atoms. The van der Waals surface area contributed by atoms with Crippen molar-refractivity contribution >= 4 is 27.1 Å². The van der Waals surface area contributed by atoms with Gasteiger partial charge in [-0.2, -0.15) is 0 Å². The van der Waals surface area contributed by atoms with E-state index >= 15 is 0 Å². The highest BCUT2D eigenvalue weighted by Crippen LogP contribution is 2.80. The third kappa shape index (κ3) is 5.82. The van der Waals surface area contributed by atoms with Gasteiger partial charge in [0.15, 0.2) is 0 Å². The SMILES string of the molecule is c1ccc(-c2ccc(N(c3ccc(-c4ccccc4)cc3)c3ccc4c(c3)C3(c5ccccc5O4)c4ccccc4S(c4ccccc4)(c4ccccc4)c4ccccc43)cc2)cc1. The maximum absolute atomic E-state index is 7.02. The van der Waals surface area contributed by atoms with E-state index in [4.69, 9.17) is 4.74 Å². The molecule has 0 saturated carbocycles. The number of rotatable bonds is 7. The van der Waals surface area contributed by atoms with Crippen LogP contribution in [0.5, 0.6) is 11.5 Å². The zero-order chi connectivity index (χ0) is 42.5. The Morgan fingerprint density at radius 1 is 0.297 bits per heavy atom. The number of para-hydroxylation sites is 1. The van der Waals surface area contributed by atoms with E-state index in [2.05, 4.69) is 266 Å². The first kappa shape index (κ1) is 37.9. The van der Waals surface area contributed by atoms with Crippen molar-refractivity contribution in [3.8, 4) is 33.8 Å². The van der Waals surface area contributed by atoms with Gasteiger partial charge in [0.05, 0.1) is 5.41 Å². The van der Waals surface area contributed by atoms with Gasteiger partial charge in [-0.3, -0.25) is 0 Å². The summed E-state index contributed by atoms with van der Waals surface area (Å²) in [7, 11) is -1.97. The zero-order valence-corrected chi connectivity index (χ0v) is 35.9. The molecule has 304 valence electrons. The number of nitrogens with zero attached hydrogens (tertiary/aromatic N) is 1. The maximum Gasteiger partial charge on any atom is 0.132 e. The van der Waals surface area contributed by atoms with Crippen molar-refractivity contribution in [2.24, 2.45) is 0 Å². The summed E-state index contributed by atoms with van der Waals surface area (Å²) in [6.07, 6.45) is 0. The maximum atomic E-state index is 7.02. The van der Waals surface area contributed by atoms with Gasteiger partial charge in [-0.1, -0.05) is 176 Å². The molecule has 0 aliphatic carbocycles. The molecule has 0 N–H and O–H groups in total. The molecule has 2 nitrogen and oxygen atoms in total. The van der Waals surface area contributed by atoms with Crippen molar-refractivity contribution in [3.63, 3.8) is 0 Å². The first-order chi connectivity index (χ1) is 31.7. The predicted octanol–water partition coefficient (Wildman–Crippen LogP) is 16.6. The standard InChI is InChI=1S/C61H43NOS/c1-5-19-44(20-6-1)46-33-37-48(38-34-46)62(49-39-35-47(36-40-49)45-21-7-2-8-22-45)50-41-42-58-56(43-50)61(53-27-13-16-30-57(53)63-58)54-28-14-17-31-59(54)64(51-23-9-3-10-24-51,52-25-11-4-12-26-52)60-32-18-15-29-55(60)61/h1-43H. The normalized spacial score (nSPS) is 14.2. The van der Waals surface area contributed by atoms with E-state index in [1.807, 2.05) is 0 Å². The minimum atomic E-state index is -1.97. The molecule has 64 heavy (non-hydrogen) atoms. The van der Waals surface area contributed by atoms with Gasteiger partial charge in [0.25, 0.3) is 0 Å². The lowest BCUT2D eigenvalue weighted by molar-refractivity contribution is 0.431. The number of hydrogen-bond donors (Lipinski definition) is 0. The van der Waals surface area contributed by atoms with Gasteiger partial charge in [0.1, 0.15) is 11.5 Å². The molecule has 0 unspecified atom stereocenters. The van der Waals surface area contributed by atoms with Crippen LogP contribution in [0.3, 0.4) is 0 Å². The number of fused-ring (bicyclic) bond motifs is 8. The molecule has 2 heterocycles. The number of anilines is 3. The van der Waals surface area contributed by atoms with Crippen LogP contribution in [0.1, 0.15) is 22.3 Å². The number of ether oxygens (including phenoxy) is 1. The summed E-state index contributed by atoms with van der Waals surface area (Å²) in [5, 5.41) is 0. The summed E-state index contributed by atoms with van der Waals surface area (Å²) in [6.45, 7) is 0. The molecule has 0 amide bonds. The summed E-state index contributed by atoms with van der Waals surface area (Å²) in [5.74, 6) is 1.73. The molecule has 12 rings (SSSR count). The van der Waals surface area contributed by atoms with Crippen LogP contribution in [0.15, 0.2) is 280 Å². The molecular formula is C61H43NOS. The average molecular weight is 838 g/mol. The lowest BCUT2D eigenvalue weighted by Crippen LogP contribution is -2.39. The summed E-state index contributed by atoms with van der Waals surface area (Å²) in [6, 6.07) is 95.5. The number of hydrogen-bond acceptors (Lipinski definition) is 2. The Morgan fingerprint density at radius 3 is 1.17 bits per heavy atom. The van der Waals surface area contributed by atoms with E-state index in [0.29, 0.717) is 0 Å². The second kappa shape index (κ2) is 15.5. The van der Waals surface area contributed by atoms with Crippen LogP contribution in [-0.2, 0) is 5.41 Å². The van der Waals surface area contributed by atoms with E-state index < -0.39 is 15.4 Å². The van der Waals surface area contributed by atoms with E-state index in [0.717, 1.165) is 39.7 Å². The van der Waals surface area contributed by atoms with Gasteiger partial charge in [0.2, 0.25) is 0 Å². The fraction of sp³-hybridized carbons (Fsp3) is 0.0164. The van der Waals surface area contributed by atoms with E-state index in [1.54, 1.807) is 0 Å². The first-order valence-corrected chi connectivity index (χ1v) is 23.5. The van der Waals surface area contributed by atoms with Crippen LogP contribution in [0.2, 0.25) is 0 Å². The highest BCUT2D eigenvalue weighted by Gasteiger charge is 2.55. The fourth-order valence-corrected chi connectivity index (χ4v) is 14.6. The molecule has 0 aromatic heterocycles. The lowest BCUT2D eigenvalue weighted by Gasteiger charge is -2.54. The first-order valence-electron chi connectivity index (χ1n) is 21.9. The van der Waals surface area contributed by atoms with Gasteiger partial charge in [-0.25, -0.2) is 0 Å². The van der Waals surface area contributed by atoms with Crippen molar-refractivity contribution in [1.29, 1.82) is 0 Å². The van der Waals surface area contributed by atoms with Crippen LogP contribution in [0.4, 0.5) is 17.1 Å². The molecule has 0 fully saturated rings. The Balaban J connectivity index is 1.13. The Bertz CT molecular complexity index is 3110. The average Bonchev–Trinajstić information content (AvgIpc) is 3.38. The molecule has 10 aromatic carbocycles. The Morgan fingerprint density at radius 2 is 0.672 bits per heavy atom. The summed E-state index contributed by atoms with van der Waals surface area (Å²) < 4.78 is 7.02. The summed E-state index contributed by atoms with van der Waals surface area (Å²) in [4.78, 5) is 7.69. The monoisotopic (exact) mass is 837 g/mol. The molecule has 2 aliphatic rings. The van der Waals surface area contributed by atoms with Crippen molar-refractivity contribution in [2.75, 3.05) is 4.90 Å². The quantitative estimate of drug-likeness (QED) is 0.159. The Labute approximate surface area is 376 Å². The van der Waals surface area contributed by atoms with Crippen LogP contribution in [0.25, 0.3) is 22.3 Å². The van der Waals surface area contributed by atoms with Crippen molar-refractivity contribution in [3.05, 3.63) is 283 Å². The smallest absolute Gasteiger partial charge is 0.132 e. The predicted molar refractivity (Wildman–Crippen MR) is 264 cm³/mol. The highest BCUT2D eigenvalue weighted by molar-refractivity contribution is 8.34. The minimum Gasteiger partial charge on any atom is -0.457 e. The minimum absolute atomic E-state index is 0.715. The molecule has 2 aliphatic heterocycles. The van der Waals surface area contributed by atoms with Crippen LogP contribution in [-0.4, -0.2) is 0 Å². The topological polar surface area (TPSA) is 12.5 Å². The molecular weight excluding hydrogens is 795 g/mol. The van der Waals surface area contributed by atoms with Gasteiger partial charge in [-0.05, 0) is 118 Å². The summed E-state index contributed by atoms with van der Waals surface area (Å²) in [5.41, 5.74) is 12.0. The number of benzene rings is 10. The Hall–Kier alpha value is -7.85. The fourth-order valence-electron chi connectivity index (χ4n) is 10.3. The van der Waals surface area contributed by atoms with E-state index in [9.17, 15) is 0 Å². The van der Waals surface area contributed by atoms with Crippen molar-refractivity contribution in [2.45, 2.75) is 25.0 Å². The zero-order valence-electron chi connectivity index (χ0n) is 35.1. The van der Waals surface area contributed by atoms with E-state index in [-0.39, 0.29) is 0 Å². The molecule has 0 saturated heterocycles. The molecule has 3 heteroatoms. The van der Waals surface area contributed by atoms with Gasteiger partial charge < -0.3 is 9.64 Å². The van der Waals surface area contributed by atoms with Crippen LogP contribution < -0.4 is 9.64 Å². The third-order valence-corrected chi connectivity index (χ3v) is 17.0. The third-order valence-electron chi connectivity index (χ3n) is 13.0. The lowest BCUT2D eigenvalue weighted by atomic mass is 9.63. The van der Waals surface area contributed by atoms with Crippen LogP contribution in [0, 0.1) is 0 Å². The van der Waals surface area contributed by atoms with Crippen molar-refractivity contribution < 1.29 is 4.74 Å². The van der Waals surface area contributed by atoms with Gasteiger partial charge >= 0.3 is 0 Å². The second-order valence-corrected chi connectivity index (χ2v) is 19.5. The largest absolute Gasteiger partial charge is 0.457 e. The highest BCUT2D eigenvalue weighted by atomic mass is 32.3. The Kier molecular flexibility index (Phi) is 9.17. The van der Waals surface area contributed by atoms with Gasteiger partial charge in [0, 0.05) is 47.8 Å². The summed E-state index contributed by atoms with van der Waals surface area (Å²) >= 11 is 0. The van der Waals surface area contributed by atoms with Gasteiger partial charge in [-0.15, -0.1) is 10.0 Å². The molecule has 0 bridgehead atoms. The molecule has 0 atom stereocenters. The van der Waals surface area contributed by atoms with Crippen LogP contribution >= 0.6 is 10.0 Å². The second-order valence-electron chi connectivity index (χ2n) is 16.4. The van der Waals surface area contributed by atoms with E-state index in [1.165, 1.54) is 53.0 Å². The molecule has 0 radical (unpaired) electrons. The molecule has 10 aromatic rings.